The van der Waals surface area contributed by atoms with E-state index in [4.69, 9.17) is 0 Å². The molecule has 0 saturated carbocycles. The maximum atomic E-state index is 13.1. The van der Waals surface area contributed by atoms with Crippen LogP contribution in [0.3, 0.4) is 0 Å². The highest BCUT2D eigenvalue weighted by molar-refractivity contribution is 6.37. The number of nitrogens with zero attached hydrogens (tertiary/aromatic N) is 4. The molecule has 5 heteroatoms. The zero-order chi connectivity index (χ0) is 17.9. The summed E-state index contributed by atoms with van der Waals surface area (Å²) < 4.78 is 1.83. The Morgan fingerprint density at radius 3 is 2.35 bits per heavy atom. The number of hydrogen-bond donors (Lipinski definition) is 0. The maximum absolute atomic E-state index is 13.1. The molecule has 3 aromatic rings. The van der Waals surface area contributed by atoms with Crippen molar-refractivity contribution in [2.75, 3.05) is 5.01 Å². The van der Waals surface area contributed by atoms with Gasteiger partial charge in [-0.1, -0.05) is 48.5 Å². The first-order chi connectivity index (χ1) is 12.8. The normalized spacial score (nSPS) is 15.6. The molecule has 1 aliphatic rings. The van der Waals surface area contributed by atoms with Gasteiger partial charge in [-0.25, -0.2) is 0 Å². The average molecular weight is 342 g/mol. The SMILES string of the molecule is CCn1cc(/C=C2/C(=O)N(c3ccccc3)N=C2c2ccccc2)cn1. The Hall–Kier alpha value is -3.47. The van der Waals surface area contributed by atoms with Crippen LogP contribution >= 0.6 is 0 Å². The first kappa shape index (κ1) is 16.0. The molecule has 0 bridgehead atoms. The standard InChI is InChI=1S/C21H18N4O/c1-2-24-15-16(14-22-24)13-19-20(17-9-5-3-6-10-17)23-25(21(19)26)18-11-7-4-8-12-18/h3-15H,2H2,1H3/b19-13+. The van der Waals surface area contributed by atoms with E-state index in [0.29, 0.717) is 11.3 Å². The van der Waals surface area contributed by atoms with Gasteiger partial charge in [-0.2, -0.15) is 15.2 Å². The molecule has 4 rings (SSSR count). The second kappa shape index (κ2) is 6.80. The summed E-state index contributed by atoms with van der Waals surface area (Å²) in [6, 6.07) is 19.2. The second-order valence-electron chi connectivity index (χ2n) is 5.95. The number of para-hydroxylation sites is 1. The number of amides is 1. The van der Waals surface area contributed by atoms with Crippen molar-refractivity contribution in [2.45, 2.75) is 13.5 Å². The van der Waals surface area contributed by atoms with Crippen molar-refractivity contribution in [1.29, 1.82) is 0 Å². The lowest BCUT2D eigenvalue weighted by Gasteiger charge is -2.10. The number of aromatic nitrogens is 2. The van der Waals surface area contributed by atoms with Gasteiger partial charge in [0.1, 0.15) is 5.71 Å². The molecule has 128 valence electrons. The fourth-order valence-corrected chi connectivity index (χ4v) is 2.89. The van der Waals surface area contributed by atoms with Crippen molar-refractivity contribution in [3.8, 4) is 0 Å². The zero-order valence-electron chi connectivity index (χ0n) is 14.4. The molecule has 0 saturated heterocycles. The van der Waals surface area contributed by atoms with E-state index >= 15 is 0 Å². The largest absolute Gasteiger partial charge is 0.281 e. The third-order valence-corrected chi connectivity index (χ3v) is 4.21. The molecule has 0 N–H and O–H groups in total. The van der Waals surface area contributed by atoms with E-state index in [-0.39, 0.29) is 5.91 Å². The van der Waals surface area contributed by atoms with Gasteiger partial charge in [0.25, 0.3) is 5.91 Å². The lowest BCUT2D eigenvalue weighted by Crippen LogP contribution is -2.21. The van der Waals surface area contributed by atoms with Gasteiger partial charge < -0.3 is 0 Å². The van der Waals surface area contributed by atoms with Gasteiger partial charge in [0.05, 0.1) is 17.5 Å². The van der Waals surface area contributed by atoms with Gasteiger partial charge in [0.2, 0.25) is 0 Å². The van der Waals surface area contributed by atoms with E-state index in [1.54, 1.807) is 6.20 Å². The quantitative estimate of drug-likeness (QED) is 0.678. The minimum absolute atomic E-state index is 0.140. The monoisotopic (exact) mass is 342 g/mol. The minimum atomic E-state index is -0.140. The summed E-state index contributed by atoms with van der Waals surface area (Å²) in [6.07, 6.45) is 5.54. The molecular weight excluding hydrogens is 324 g/mol. The zero-order valence-corrected chi connectivity index (χ0v) is 14.4. The smallest absolute Gasteiger partial charge is 0.272 e. The molecule has 0 fully saturated rings. The highest BCUT2D eigenvalue weighted by Gasteiger charge is 2.31. The summed E-state index contributed by atoms with van der Waals surface area (Å²) in [7, 11) is 0. The van der Waals surface area contributed by atoms with Crippen LogP contribution in [-0.4, -0.2) is 21.4 Å². The Morgan fingerprint density at radius 1 is 1.00 bits per heavy atom. The van der Waals surface area contributed by atoms with Gasteiger partial charge in [-0.3, -0.25) is 9.48 Å². The molecule has 0 aliphatic carbocycles. The third-order valence-electron chi connectivity index (χ3n) is 4.21. The van der Waals surface area contributed by atoms with Crippen molar-refractivity contribution in [1.82, 2.24) is 9.78 Å². The molecule has 2 aromatic carbocycles. The summed E-state index contributed by atoms with van der Waals surface area (Å²) in [5.74, 6) is -0.140. The number of carbonyl (C=O) groups excluding carboxylic acids is 1. The molecule has 1 aliphatic heterocycles. The third kappa shape index (κ3) is 2.95. The van der Waals surface area contributed by atoms with Crippen LogP contribution in [0.5, 0.6) is 0 Å². The topological polar surface area (TPSA) is 50.5 Å². The Kier molecular flexibility index (Phi) is 4.19. The van der Waals surface area contributed by atoms with Gasteiger partial charge >= 0.3 is 0 Å². The van der Waals surface area contributed by atoms with Crippen LogP contribution in [0.1, 0.15) is 18.1 Å². The van der Waals surface area contributed by atoms with E-state index in [2.05, 4.69) is 10.2 Å². The Labute approximate surface area is 151 Å². The number of hydrogen-bond acceptors (Lipinski definition) is 3. The van der Waals surface area contributed by atoms with Gasteiger partial charge in [-0.05, 0) is 25.1 Å². The van der Waals surface area contributed by atoms with Gasteiger partial charge in [0, 0.05) is 23.9 Å². The van der Waals surface area contributed by atoms with Crippen LogP contribution < -0.4 is 5.01 Å². The minimum Gasteiger partial charge on any atom is -0.272 e. The predicted molar refractivity (Wildman–Crippen MR) is 103 cm³/mol. The number of carbonyl (C=O) groups is 1. The number of benzene rings is 2. The summed E-state index contributed by atoms with van der Waals surface area (Å²) in [5.41, 5.74) is 3.78. The average Bonchev–Trinajstić information content (AvgIpc) is 3.28. The maximum Gasteiger partial charge on any atom is 0.281 e. The summed E-state index contributed by atoms with van der Waals surface area (Å²) in [6.45, 7) is 2.81. The Morgan fingerprint density at radius 2 is 1.69 bits per heavy atom. The van der Waals surface area contributed by atoms with E-state index in [1.165, 1.54) is 5.01 Å². The second-order valence-corrected chi connectivity index (χ2v) is 5.95. The van der Waals surface area contributed by atoms with Crippen molar-refractivity contribution >= 4 is 23.4 Å². The molecule has 0 radical (unpaired) electrons. The van der Waals surface area contributed by atoms with Crippen LogP contribution in [0.2, 0.25) is 0 Å². The molecule has 26 heavy (non-hydrogen) atoms. The molecule has 2 heterocycles. The summed E-state index contributed by atoms with van der Waals surface area (Å²) in [4.78, 5) is 13.1. The number of anilines is 1. The van der Waals surface area contributed by atoms with Crippen LogP contribution in [0.15, 0.2) is 83.7 Å². The fourth-order valence-electron chi connectivity index (χ4n) is 2.89. The van der Waals surface area contributed by atoms with Crippen molar-refractivity contribution < 1.29 is 4.79 Å². The summed E-state index contributed by atoms with van der Waals surface area (Å²) in [5, 5.41) is 10.4. The first-order valence-corrected chi connectivity index (χ1v) is 8.54. The van der Waals surface area contributed by atoms with Crippen molar-refractivity contribution in [2.24, 2.45) is 5.10 Å². The highest BCUT2D eigenvalue weighted by Crippen LogP contribution is 2.27. The molecule has 1 amide bonds. The molecular formula is C21H18N4O. The van der Waals surface area contributed by atoms with Crippen LogP contribution in [-0.2, 0) is 11.3 Å². The highest BCUT2D eigenvalue weighted by atomic mass is 16.2. The molecule has 5 nitrogen and oxygen atoms in total. The van der Waals surface area contributed by atoms with Crippen LogP contribution in [0.25, 0.3) is 6.08 Å². The summed E-state index contributed by atoms with van der Waals surface area (Å²) >= 11 is 0. The predicted octanol–water partition coefficient (Wildman–Crippen LogP) is 3.74. The lowest BCUT2D eigenvalue weighted by molar-refractivity contribution is -0.114. The molecule has 0 spiro atoms. The number of aryl methyl sites for hydroxylation is 1. The van der Waals surface area contributed by atoms with Crippen molar-refractivity contribution in [3.63, 3.8) is 0 Å². The fraction of sp³-hybridized carbons (Fsp3) is 0.0952. The van der Waals surface area contributed by atoms with E-state index < -0.39 is 0 Å². The Balaban J connectivity index is 1.80. The first-order valence-electron chi connectivity index (χ1n) is 8.54. The van der Waals surface area contributed by atoms with E-state index in [9.17, 15) is 4.79 Å². The Bertz CT molecular complexity index is 987. The number of rotatable bonds is 4. The lowest BCUT2D eigenvalue weighted by atomic mass is 10.0. The van der Waals surface area contributed by atoms with Crippen LogP contribution in [0.4, 0.5) is 5.69 Å². The number of hydrazone groups is 1. The van der Waals surface area contributed by atoms with E-state index in [1.807, 2.05) is 84.5 Å². The van der Waals surface area contributed by atoms with E-state index in [0.717, 1.165) is 23.4 Å². The molecule has 0 unspecified atom stereocenters. The van der Waals surface area contributed by atoms with Crippen LogP contribution in [0, 0.1) is 0 Å². The van der Waals surface area contributed by atoms with Crippen molar-refractivity contribution in [3.05, 3.63) is 89.8 Å². The van der Waals surface area contributed by atoms with Gasteiger partial charge in [0.15, 0.2) is 0 Å². The van der Waals surface area contributed by atoms with Gasteiger partial charge in [-0.15, -0.1) is 0 Å². The molecule has 0 atom stereocenters. The molecule has 1 aromatic heterocycles.